The lowest BCUT2D eigenvalue weighted by Gasteiger charge is -2.37. The molecule has 0 aliphatic carbocycles. The molecule has 2 aromatic carbocycles. The van der Waals surface area contributed by atoms with Crippen LogP contribution in [0.2, 0.25) is 0 Å². The average Bonchev–Trinajstić information content (AvgIpc) is 3.68. The lowest BCUT2D eigenvalue weighted by molar-refractivity contribution is -0.162. The average molecular weight is 737 g/mol. The lowest BCUT2D eigenvalue weighted by Crippen LogP contribution is -2.57. The molecule has 3 fully saturated rings. The number of ether oxygens (including phenoxy) is 2. The third-order valence-electron chi connectivity index (χ3n) is 9.88. The Labute approximate surface area is 296 Å². The molecule has 49 heavy (non-hydrogen) atoms. The monoisotopic (exact) mass is 735 g/mol. The van der Waals surface area contributed by atoms with E-state index in [0.29, 0.717) is 24.1 Å². The zero-order chi connectivity index (χ0) is 35.5. The minimum absolute atomic E-state index is 0.113. The minimum Gasteiger partial charge on any atom is -0.455 e. The number of nitrogens with zero attached hydrogens (tertiary/aromatic N) is 2. The van der Waals surface area contributed by atoms with Crippen molar-refractivity contribution in [2.75, 3.05) is 24.6 Å². The van der Waals surface area contributed by atoms with E-state index in [1.807, 2.05) is 62.4 Å². The van der Waals surface area contributed by atoms with Crippen LogP contribution in [0, 0.1) is 25.7 Å². The third kappa shape index (κ3) is 6.98. The standard InChI is InChI=1S/C38H46BrN3O7/c1-6-8-15-29(44)40-25(5)32(26-13-10-9-11-14-26)48-37(47)30-31-35(45)42(19-12-20-43)34(38(31)22-27(39)33(30)49-38)36(46)41(18-7-2)28-21-23(3)16-17-24(28)4/h6-7,9-11,13-14,16-17,21,25,27,30-34,43H,1-2,8,12,15,18-20,22H2,3-5H3,(H,40,44)/t25-,27?,30+,31-,32-,33+,34+,38-/m1/s1. The van der Waals surface area contributed by atoms with Crippen LogP contribution in [0.1, 0.15) is 55.4 Å². The van der Waals surface area contributed by atoms with Gasteiger partial charge in [-0.1, -0.05) is 70.5 Å². The van der Waals surface area contributed by atoms with Crippen molar-refractivity contribution in [2.45, 2.75) is 81.2 Å². The van der Waals surface area contributed by atoms with Crippen LogP contribution >= 0.6 is 15.9 Å². The maximum absolute atomic E-state index is 14.8. The summed E-state index contributed by atoms with van der Waals surface area (Å²) in [7, 11) is 0. The zero-order valence-corrected chi connectivity index (χ0v) is 29.9. The summed E-state index contributed by atoms with van der Waals surface area (Å²) in [4.78, 5) is 59.1. The number of carbonyl (C=O) groups excluding carboxylic acids is 4. The number of hydrogen-bond acceptors (Lipinski definition) is 7. The first-order valence-corrected chi connectivity index (χ1v) is 17.8. The summed E-state index contributed by atoms with van der Waals surface area (Å²) in [6.45, 7) is 13.3. The largest absolute Gasteiger partial charge is 0.455 e. The molecule has 3 amide bonds. The highest BCUT2D eigenvalue weighted by molar-refractivity contribution is 9.09. The van der Waals surface area contributed by atoms with Crippen molar-refractivity contribution in [1.82, 2.24) is 10.2 Å². The highest BCUT2D eigenvalue weighted by Gasteiger charge is 2.77. The minimum atomic E-state index is -1.31. The van der Waals surface area contributed by atoms with Crippen molar-refractivity contribution in [3.05, 3.63) is 90.5 Å². The number of aliphatic hydroxyl groups is 1. The quantitative estimate of drug-likeness (QED) is 0.154. The number of alkyl halides is 1. The SMILES string of the molecule is C=CCCC(=O)N[C@H](C)[C@@H](OC(=O)[C@@H]1[C@H]2O[C@@]3(CC2Br)[C@H](C(=O)N(CC=C)c2cc(C)ccc2C)N(CCCO)C(=O)[C@@H]13)c1ccccc1. The van der Waals surface area contributed by atoms with Crippen LogP contribution in [0.5, 0.6) is 0 Å². The van der Waals surface area contributed by atoms with E-state index in [9.17, 15) is 24.3 Å². The van der Waals surface area contributed by atoms with Crippen LogP contribution in [0.3, 0.4) is 0 Å². The number of aryl methyl sites for hydroxylation is 2. The Morgan fingerprint density at radius 3 is 2.59 bits per heavy atom. The summed E-state index contributed by atoms with van der Waals surface area (Å²) in [5.41, 5.74) is 1.93. The number of halogens is 1. The lowest BCUT2D eigenvalue weighted by atomic mass is 9.70. The van der Waals surface area contributed by atoms with E-state index in [0.717, 1.165) is 11.1 Å². The normalized spacial score (nSPS) is 26.5. The number of likely N-dealkylation sites (tertiary alicyclic amines) is 1. The number of rotatable bonds is 15. The second-order valence-corrected chi connectivity index (χ2v) is 14.4. The van der Waals surface area contributed by atoms with Crippen molar-refractivity contribution in [3.63, 3.8) is 0 Å². The topological polar surface area (TPSA) is 125 Å². The Kier molecular flexibility index (Phi) is 11.5. The van der Waals surface area contributed by atoms with Crippen LogP contribution in [-0.2, 0) is 28.7 Å². The van der Waals surface area contributed by atoms with Gasteiger partial charge in [0, 0.05) is 36.6 Å². The first-order valence-electron chi connectivity index (χ1n) is 16.9. The smallest absolute Gasteiger partial charge is 0.313 e. The maximum Gasteiger partial charge on any atom is 0.313 e. The van der Waals surface area contributed by atoms with E-state index >= 15 is 0 Å². The first-order chi connectivity index (χ1) is 23.5. The molecule has 0 radical (unpaired) electrons. The molecular formula is C38H46BrN3O7. The first kappa shape index (κ1) is 36.5. The van der Waals surface area contributed by atoms with Crippen molar-refractivity contribution in [2.24, 2.45) is 11.8 Å². The zero-order valence-electron chi connectivity index (χ0n) is 28.3. The van der Waals surface area contributed by atoms with Crippen molar-refractivity contribution in [1.29, 1.82) is 0 Å². The number of fused-ring (bicyclic) bond motifs is 1. The molecule has 0 aromatic heterocycles. The Morgan fingerprint density at radius 2 is 1.92 bits per heavy atom. The number of benzene rings is 2. The summed E-state index contributed by atoms with van der Waals surface area (Å²) < 4.78 is 12.9. The number of esters is 1. The fraction of sp³-hybridized carbons (Fsp3) is 0.474. The Morgan fingerprint density at radius 1 is 1.18 bits per heavy atom. The van der Waals surface area contributed by atoms with E-state index in [1.165, 1.54) is 4.90 Å². The molecular weight excluding hydrogens is 690 g/mol. The van der Waals surface area contributed by atoms with Crippen LogP contribution < -0.4 is 10.2 Å². The Bertz CT molecular complexity index is 1580. The van der Waals surface area contributed by atoms with Crippen LogP contribution in [0.25, 0.3) is 0 Å². The molecule has 11 heteroatoms. The summed E-state index contributed by atoms with van der Waals surface area (Å²) in [5, 5.41) is 12.7. The fourth-order valence-corrected chi connectivity index (χ4v) is 8.64. The van der Waals surface area contributed by atoms with E-state index in [-0.39, 0.29) is 55.1 Å². The molecule has 3 heterocycles. The number of nitrogens with one attached hydrogen (secondary N) is 1. The van der Waals surface area contributed by atoms with Crippen molar-refractivity contribution < 1.29 is 33.8 Å². The van der Waals surface area contributed by atoms with Gasteiger partial charge in [-0.25, -0.2) is 0 Å². The van der Waals surface area contributed by atoms with Gasteiger partial charge >= 0.3 is 5.97 Å². The molecule has 262 valence electrons. The summed E-state index contributed by atoms with van der Waals surface area (Å²) in [6, 6.07) is 13.4. The predicted molar refractivity (Wildman–Crippen MR) is 190 cm³/mol. The number of anilines is 1. The second-order valence-electron chi connectivity index (χ2n) is 13.3. The van der Waals surface area contributed by atoms with Gasteiger partial charge in [-0.2, -0.15) is 0 Å². The van der Waals surface area contributed by atoms with Gasteiger partial charge in [0.15, 0.2) is 0 Å². The molecule has 8 atom stereocenters. The molecule has 2 N–H and O–H groups in total. The predicted octanol–water partition coefficient (Wildman–Crippen LogP) is 4.71. The molecule has 10 nitrogen and oxygen atoms in total. The summed E-state index contributed by atoms with van der Waals surface area (Å²) in [6.07, 6.45) is 3.07. The van der Waals surface area contributed by atoms with Crippen LogP contribution in [0.4, 0.5) is 5.69 Å². The molecule has 2 bridgehead atoms. The second kappa shape index (κ2) is 15.4. The van der Waals surface area contributed by atoms with Gasteiger partial charge in [-0.3, -0.25) is 19.2 Å². The van der Waals surface area contributed by atoms with Crippen LogP contribution in [0.15, 0.2) is 73.8 Å². The van der Waals surface area contributed by atoms with Gasteiger partial charge in [0.1, 0.15) is 17.7 Å². The number of hydrogen-bond donors (Lipinski definition) is 2. The molecule has 3 aliphatic heterocycles. The van der Waals surface area contributed by atoms with Crippen molar-refractivity contribution in [3.8, 4) is 0 Å². The maximum atomic E-state index is 14.8. The molecule has 0 saturated carbocycles. The number of allylic oxidation sites excluding steroid dienone is 1. The van der Waals surface area contributed by atoms with Crippen LogP contribution in [-0.4, -0.2) is 82.0 Å². The molecule has 3 saturated heterocycles. The number of aliphatic hydroxyl groups excluding tert-OH is 1. The summed E-state index contributed by atoms with van der Waals surface area (Å²) >= 11 is 3.73. The molecule has 2 aromatic rings. The van der Waals surface area contributed by atoms with Gasteiger partial charge in [0.2, 0.25) is 11.8 Å². The molecule has 1 spiro atoms. The Hall–Kier alpha value is -3.80. The number of carbonyl (C=O) groups is 4. The van der Waals surface area contributed by atoms with E-state index in [4.69, 9.17) is 9.47 Å². The van der Waals surface area contributed by atoms with E-state index in [1.54, 1.807) is 24.0 Å². The van der Waals surface area contributed by atoms with Gasteiger partial charge in [0.05, 0.1) is 24.0 Å². The highest BCUT2D eigenvalue weighted by atomic mass is 79.9. The number of amides is 3. The summed E-state index contributed by atoms with van der Waals surface area (Å²) in [5.74, 6) is -3.55. The van der Waals surface area contributed by atoms with E-state index < -0.39 is 47.7 Å². The molecule has 5 rings (SSSR count). The highest BCUT2D eigenvalue weighted by Crippen LogP contribution is 2.60. The Balaban J connectivity index is 1.51. The van der Waals surface area contributed by atoms with Gasteiger partial charge in [-0.15, -0.1) is 13.2 Å². The van der Waals surface area contributed by atoms with Gasteiger partial charge in [-0.05, 0) is 62.8 Å². The van der Waals surface area contributed by atoms with Crippen molar-refractivity contribution >= 4 is 45.3 Å². The fourth-order valence-electron chi connectivity index (χ4n) is 7.69. The molecule has 3 aliphatic rings. The molecule has 1 unspecified atom stereocenters. The van der Waals surface area contributed by atoms with Gasteiger partial charge in [0.25, 0.3) is 5.91 Å². The van der Waals surface area contributed by atoms with E-state index in [2.05, 4.69) is 34.4 Å². The van der Waals surface area contributed by atoms with Gasteiger partial charge < -0.3 is 29.7 Å². The third-order valence-corrected chi connectivity index (χ3v) is 10.7.